The van der Waals surface area contributed by atoms with E-state index in [0.717, 1.165) is 11.1 Å². The molecule has 0 atom stereocenters. The minimum absolute atomic E-state index is 0.133. The van der Waals surface area contributed by atoms with Gasteiger partial charge in [-0.1, -0.05) is 38.1 Å². The summed E-state index contributed by atoms with van der Waals surface area (Å²) in [5.74, 6) is 0.630. The van der Waals surface area contributed by atoms with Crippen LogP contribution < -0.4 is 4.74 Å². The lowest BCUT2D eigenvalue weighted by Gasteiger charge is -2.34. The molecule has 0 saturated heterocycles. The Hall–Kier alpha value is -1.83. The van der Waals surface area contributed by atoms with E-state index in [-0.39, 0.29) is 11.4 Å². The Morgan fingerprint density at radius 3 is 2.37 bits per heavy atom. The van der Waals surface area contributed by atoms with Crippen LogP contribution in [0.15, 0.2) is 24.3 Å². The summed E-state index contributed by atoms with van der Waals surface area (Å²) in [6, 6.07) is 8.15. The minimum atomic E-state index is -0.163. The zero-order chi connectivity index (χ0) is 13.8. The van der Waals surface area contributed by atoms with Crippen LogP contribution in [0.25, 0.3) is 10.8 Å². The molecule has 98 valence electrons. The van der Waals surface area contributed by atoms with Crippen molar-refractivity contribution in [1.82, 2.24) is 0 Å². The number of esters is 1. The molecule has 0 aromatic heterocycles. The highest BCUT2D eigenvalue weighted by Crippen LogP contribution is 2.46. The molecule has 1 aliphatic rings. The van der Waals surface area contributed by atoms with Gasteiger partial charge in [-0.3, -0.25) is 4.79 Å². The summed E-state index contributed by atoms with van der Waals surface area (Å²) in [4.78, 5) is 11.9. The van der Waals surface area contributed by atoms with E-state index in [4.69, 9.17) is 4.74 Å². The minimum Gasteiger partial charge on any atom is -0.426 e. The smallest absolute Gasteiger partial charge is 0.312 e. The molecule has 2 aromatic carbocycles. The topological polar surface area (TPSA) is 26.3 Å². The summed E-state index contributed by atoms with van der Waals surface area (Å²) < 4.78 is 5.58. The van der Waals surface area contributed by atoms with E-state index < -0.39 is 0 Å². The largest absolute Gasteiger partial charge is 0.426 e. The predicted octanol–water partition coefficient (Wildman–Crippen LogP) is 4.04. The number of aryl methyl sites for hydroxylation is 1. The molecule has 2 heteroatoms. The first-order valence-corrected chi connectivity index (χ1v) is 6.65. The average Bonchev–Trinajstić information content (AvgIpc) is 2.34. The van der Waals surface area contributed by atoms with Gasteiger partial charge in [0.25, 0.3) is 0 Å². The van der Waals surface area contributed by atoms with Crippen molar-refractivity contribution in [2.45, 2.75) is 39.5 Å². The van der Waals surface area contributed by atoms with Crippen LogP contribution in [-0.2, 0) is 10.2 Å². The van der Waals surface area contributed by atoms with Crippen molar-refractivity contribution in [2.24, 2.45) is 0 Å². The van der Waals surface area contributed by atoms with Crippen LogP contribution >= 0.6 is 0 Å². The van der Waals surface area contributed by atoms with Gasteiger partial charge in [-0.25, -0.2) is 0 Å². The second-order valence-electron chi connectivity index (χ2n) is 6.03. The average molecular weight is 254 g/mol. The van der Waals surface area contributed by atoms with Gasteiger partial charge in [-0.05, 0) is 30.4 Å². The number of hydrogen-bond acceptors (Lipinski definition) is 2. The van der Waals surface area contributed by atoms with E-state index in [0.29, 0.717) is 6.42 Å². The zero-order valence-electron chi connectivity index (χ0n) is 11.8. The Morgan fingerprint density at radius 2 is 1.68 bits per heavy atom. The Morgan fingerprint density at radius 1 is 1.05 bits per heavy atom. The molecule has 0 fully saturated rings. The maximum atomic E-state index is 11.9. The Bertz CT molecular complexity index is 696. The van der Waals surface area contributed by atoms with Crippen LogP contribution in [-0.4, -0.2) is 5.97 Å². The number of benzene rings is 2. The van der Waals surface area contributed by atoms with Gasteiger partial charge in [0, 0.05) is 16.4 Å². The molecule has 2 nitrogen and oxygen atoms in total. The van der Waals surface area contributed by atoms with Crippen molar-refractivity contribution in [2.75, 3.05) is 0 Å². The molecular formula is C17H18O2. The summed E-state index contributed by atoms with van der Waals surface area (Å²) in [7, 11) is 0. The van der Waals surface area contributed by atoms with Gasteiger partial charge in [0.05, 0.1) is 6.42 Å². The number of carbonyl (C=O) groups excluding carboxylic acids is 1. The summed E-state index contributed by atoms with van der Waals surface area (Å²) >= 11 is 0. The molecule has 0 amide bonds. The second-order valence-corrected chi connectivity index (χ2v) is 6.03. The Labute approximate surface area is 113 Å². The van der Waals surface area contributed by atoms with Crippen LogP contribution in [0.2, 0.25) is 0 Å². The Balaban J connectivity index is 2.49. The van der Waals surface area contributed by atoms with Crippen molar-refractivity contribution in [3.05, 3.63) is 41.0 Å². The predicted molar refractivity (Wildman–Crippen MR) is 76.7 cm³/mol. The van der Waals surface area contributed by atoms with E-state index >= 15 is 0 Å². The first-order valence-electron chi connectivity index (χ1n) is 6.65. The highest BCUT2D eigenvalue weighted by atomic mass is 16.5. The van der Waals surface area contributed by atoms with Gasteiger partial charge in [-0.2, -0.15) is 0 Å². The fourth-order valence-corrected chi connectivity index (χ4v) is 3.22. The number of hydrogen-bond donors (Lipinski definition) is 0. The van der Waals surface area contributed by atoms with Gasteiger partial charge >= 0.3 is 5.97 Å². The lowest BCUT2D eigenvalue weighted by atomic mass is 9.75. The van der Waals surface area contributed by atoms with Gasteiger partial charge in [0.2, 0.25) is 0 Å². The lowest BCUT2D eigenvalue weighted by Crippen LogP contribution is -2.32. The molecular weight excluding hydrogens is 236 g/mol. The number of fused-ring (bicyclic) bond motifs is 3. The third kappa shape index (κ3) is 1.66. The van der Waals surface area contributed by atoms with Gasteiger partial charge in [0.15, 0.2) is 0 Å². The quantitative estimate of drug-likeness (QED) is 0.524. The molecule has 19 heavy (non-hydrogen) atoms. The van der Waals surface area contributed by atoms with Crippen molar-refractivity contribution in [3.8, 4) is 5.75 Å². The first kappa shape index (κ1) is 12.2. The molecule has 0 bridgehead atoms. The van der Waals surface area contributed by atoms with Crippen LogP contribution in [0.5, 0.6) is 5.75 Å². The molecule has 1 aliphatic heterocycles. The molecule has 2 aromatic rings. The van der Waals surface area contributed by atoms with Crippen LogP contribution in [0, 0.1) is 13.8 Å². The van der Waals surface area contributed by atoms with E-state index in [9.17, 15) is 4.79 Å². The highest BCUT2D eigenvalue weighted by molar-refractivity contribution is 5.97. The van der Waals surface area contributed by atoms with E-state index in [2.05, 4.69) is 33.8 Å². The highest BCUT2D eigenvalue weighted by Gasteiger charge is 2.36. The molecule has 0 unspecified atom stereocenters. The molecule has 0 saturated carbocycles. The summed E-state index contributed by atoms with van der Waals surface area (Å²) in [6.45, 7) is 8.51. The third-order valence-electron chi connectivity index (χ3n) is 4.22. The Kier molecular flexibility index (Phi) is 2.46. The monoisotopic (exact) mass is 254 g/mol. The van der Waals surface area contributed by atoms with Crippen molar-refractivity contribution >= 4 is 16.7 Å². The number of carbonyl (C=O) groups is 1. The summed E-state index contributed by atoms with van der Waals surface area (Å²) in [6.07, 6.45) is 0.443. The van der Waals surface area contributed by atoms with Crippen LogP contribution in [0.4, 0.5) is 0 Å². The SMILES string of the molecule is Cc1c2c(c3ccccc3c1C)OC(=O)CC2(C)C. The number of rotatable bonds is 0. The fraction of sp³-hybridized carbons (Fsp3) is 0.353. The standard InChI is InChI=1S/C17H18O2/c1-10-11(2)15-16(13-8-6-5-7-12(10)13)19-14(18)9-17(15,3)4/h5-8H,9H2,1-4H3. The van der Waals surface area contributed by atoms with Gasteiger partial charge in [0.1, 0.15) is 5.75 Å². The normalized spacial score (nSPS) is 17.2. The summed E-state index contributed by atoms with van der Waals surface area (Å²) in [5.41, 5.74) is 3.54. The molecule has 0 N–H and O–H groups in total. The molecule has 3 rings (SSSR count). The first-order chi connectivity index (χ1) is 8.92. The lowest BCUT2D eigenvalue weighted by molar-refractivity contribution is -0.136. The van der Waals surface area contributed by atoms with Crippen LogP contribution in [0.3, 0.4) is 0 Å². The van der Waals surface area contributed by atoms with Crippen molar-refractivity contribution < 1.29 is 9.53 Å². The molecule has 0 aliphatic carbocycles. The third-order valence-corrected chi connectivity index (χ3v) is 4.22. The molecule has 0 spiro atoms. The molecule has 1 heterocycles. The van der Waals surface area contributed by atoms with Crippen molar-refractivity contribution in [1.29, 1.82) is 0 Å². The zero-order valence-corrected chi connectivity index (χ0v) is 11.8. The van der Waals surface area contributed by atoms with Crippen LogP contribution in [0.1, 0.15) is 37.0 Å². The van der Waals surface area contributed by atoms with E-state index in [1.165, 1.54) is 22.1 Å². The maximum Gasteiger partial charge on any atom is 0.312 e. The second kappa shape index (κ2) is 3.83. The molecule has 0 radical (unpaired) electrons. The van der Waals surface area contributed by atoms with E-state index in [1.807, 2.05) is 18.2 Å². The fourth-order valence-electron chi connectivity index (χ4n) is 3.22. The van der Waals surface area contributed by atoms with Gasteiger partial charge < -0.3 is 4.74 Å². The van der Waals surface area contributed by atoms with Gasteiger partial charge in [-0.15, -0.1) is 0 Å². The van der Waals surface area contributed by atoms with Crippen molar-refractivity contribution in [3.63, 3.8) is 0 Å². The summed E-state index contributed by atoms with van der Waals surface area (Å²) in [5, 5.41) is 2.21. The van der Waals surface area contributed by atoms with E-state index in [1.54, 1.807) is 0 Å². The number of ether oxygens (including phenoxy) is 1. The maximum absolute atomic E-state index is 11.9.